The fourth-order valence-corrected chi connectivity index (χ4v) is 9.31. The standard InChI is InChI=1S/C37H43FN6O7S2/c1-3-26-34(41-31-25(38)11-9-13-27(31)39-26)51-23-18-29-32(45)42-37(36(48)43-53(49,50)24-15-16-24)19-22(37)10-7-5-4-6-8-12-28(35(47)44(29)20-23)40-33(46)30-17-14-21(2)52-30/h7,9-11,13-14,17,22-24,28-29H,3-6,8,12,15-16,18-20H2,1-2H3,(H,40,46)(H,42,45)(H,43,48)/t22-,23-,28+,29+,37-/m1/s1. The molecule has 0 unspecified atom stereocenters. The summed E-state index contributed by atoms with van der Waals surface area (Å²) in [5, 5.41) is 5.13. The molecule has 3 N–H and O–H groups in total. The van der Waals surface area contributed by atoms with Gasteiger partial charge in [-0.2, -0.15) is 0 Å². The zero-order valence-corrected chi connectivity index (χ0v) is 31.2. The Hall–Kier alpha value is -4.44. The molecule has 5 atom stereocenters. The predicted octanol–water partition coefficient (Wildman–Crippen LogP) is 3.85. The van der Waals surface area contributed by atoms with Gasteiger partial charge >= 0.3 is 0 Å². The zero-order valence-electron chi connectivity index (χ0n) is 29.6. The van der Waals surface area contributed by atoms with Crippen molar-refractivity contribution in [3.8, 4) is 5.88 Å². The van der Waals surface area contributed by atoms with E-state index in [0.29, 0.717) is 54.6 Å². The van der Waals surface area contributed by atoms with Crippen LogP contribution in [-0.4, -0.2) is 82.4 Å². The first kappa shape index (κ1) is 36.9. The summed E-state index contributed by atoms with van der Waals surface area (Å²) in [5.74, 6) is -3.28. The molecule has 1 aromatic carbocycles. The first-order valence-electron chi connectivity index (χ1n) is 18.2. The Morgan fingerprint density at radius 2 is 1.92 bits per heavy atom. The molecule has 4 amide bonds. The third-order valence-electron chi connectivity index (χ3n) is 10.4. The number of hydrogen-bond donors (Lipinski definition) is 3. The lowest BCUT2D eigenvalue weighted by Gasteiger charge is -2.29. The highest BCUT2D eigenvalue weighted by atomic mass is 32.2. The number of para-hydroxylation sites is 1. The summed E-state index contributed by atoms with van der Waals surface area (Å²) < 4.78 is 48.9. The molecule has 2 saturated carbocycles. The number of aryl methyl sites for hydroxylation is 2. The third kappa shape index (κ3) is 7.79. The first-order chi connectivity index (χ1) is 25.4. The number of allylic oxidation sites excluding steroid dienone is 1. The minimum Gasteiger partial charge on any atom is -0.471 e. The maximum atomic E-state index is 14.8. The van der Waals surface area contributed by atoms with Gasteiger partial charge in [0.25, 0.3) is 11.8 Å². The van der Waals surface area contributed by atoms with Crippen LogP contribution in [0.25, 0.3) is 11.0 Å². The van der Waals surface area contributed by atoms with E-state index in [4.69, 9.17) is 4.74 Å². The summed E-state index contributed by atoms with van der Waals surface area (Å²) in [6.07, 6.45) is 7.73. The Morgan fingerprint density at radius 3 is 2.66 bits per heavy atom. The number of hydrogen-bond acceptors (Lipinski definition) is 10. The number of nitrogens with zero attached hydrogens (tertiary/aromatic N) is 3. The number of fused-ring (bicyclic) bond motifs is 3. The molecule has 3 aromatic rings. The van der Waals surface area contributed by atoms with E-state index < -0.39 is 74.4 Å². The minimum absolute atomic E-state index is 0.0128. The number of thiophene rings is 1. The van der Waals surface area contributed by atoms with Crippen LogP contribution in [0, 0.1) is 18.7 Å². The Kier molecular flexibility index (Phi) is 10.3. The number of benzene rings is 1. The van der Waals surface area contributed by atoms with Crippen molar-refractivity contribution < 1.29 is 36.7 Å². The second-order valence-electron chi connectivity index (χ2n) is 14.4. The topological polar surface area (TPSA) is 177 Å². The summed E-state index contributed by atoms with van der Waals surface area (Å²) in [5.41, 5.74) is -0.664. The molecule has 0 bridgehead atoms. The molecule has 1 saturated heterocycles. The van der Waals surface area contributed by atoms with Gasteiger partial charge < -0.3 is 20.3 Å². The third-order valence-corrected chi connectivity index (χ3v) is 13.2. The molecule has 4 heterocycles. The van der Waals surface area contributed by atoms with Gasteiger partial charge in [0.2, 0.25) is 27.7 Å². The van der Waals surface area contributed by atoms with Crippen molar-refractivity contribution in [2.24, 2.45) is 5.92 Å². The van der Waals surface area contributed by atoms with E-state index in [-0.39, 0.29) is 30.8 Å². The van der Waals surface area contributed by atoms with Crippen molar-refractivity contribution in [2.45, 2.75) is 107 Å². The molecule has 2 aromatic heterocycles. The van der Waals surface area contributed by atoms with Gasteiger partial charge in [0.05, 0.1) is 22.2 Å². The quantitative estimate of drug-likeness (QED) is 0.288. The Bertz CT molecular complexity index is 2090. The number of sulfonamides is 1. The first-order valence-corrected chi connectivity index (χ1v) is 20.6. The second-order valence-corrected chi connectivity index (χ2v) is 17.6. The maximum absolute atomic E-state index is 14.8. The molecule has 282 valence electrons. The van der Waals surface area contributed by atoms with Crippen LogP contribution in [0.15, 0.2) is 42.5 Å². The van der Waals surface area contributed by atoms with Crippen molar-refractivity contribution in [1.29, 1.82) is 0 Å². The van der Waals surface area contributed by atoms with Crippen LogP contribution in [0.3, 0.4) is 0 Å². The van der Waals surface area contributed by atoms with Gasteiger partial charge in [-0.3, -0.25) is 23.9 Å². The van der Waals surface area contributed by atoms with E-state index in [1.165, 1.54) is 22.3 Å². The van der Waals surface area contributed by atoms with E-state index in [0.717, 1.165) is 17.7 Å². The molecule has 0 radical (unpaired) electrons. The summed E-state index contributed by atoms with van der Waals surface area (Å²) >= 11 is 1.31. The highest BCUT2D eigenvalue weighted by Gasteiger charge is 2.62. The zero-order chi connectivity index (χ0) is 37.5. The number of nitrogens with one attached hydrogen (secondary N) is 3. The second kappa shape index (κ2) is 14.8. The number of aromatic nitrogens is 2. The number of rotatable bonds is 8. The van der Waals surface area contributed by atoms with Crippen LogP contribution in [0.5, 0.6) is 5.88 Å². The van der Waals surface area contributed by atoms with Crippen molar-refractivity contribution in [1.82, 2.24) is 30.2 Å². The van der Waals surface area contributed by atoms with Crippen LogP contribution >= 0.6 is 11.3 Å². The van der Waals surface area contributed by atoms with Gasteiger partial charge in [0, 0.05) is 17.2 Å². The van der Waals surface area contributed by atoms with Gasteiger partial charge in [0.15, 0.2) is 5.82 Å². The van der Waals surface area contributed by atoms with Crippen molar-refractivity contribution in [3.63, 3.8) is 0 Å². The van der Waals surface area contributed by atoms with E-state index in [9.17, 15) is 32.0 Å². The Morgan fingerprint density at radius 1 is 1.11 bits per heavy atom. The number of ether oxygens (including phenoxy) is 1. The number of amides is 4. The average Bonchev–Trinajstić information content (AvgIpc) is 4.01. The van der Waals surface area contributed by atoms with E-state index in [2.05, 4.69) is 25.3 Å². The van der Waals surface area contributed by atoms with E-state index >= 15 is 0 Å². The average molecular weight is 767 g/mol. The fourth-order valence-electron chi connectivity index (χ4n) is 7.18. The molecular weight excluding hydrogens is 724 g/mol. The Labute approximate surface area is 311 Å². The molecule has 0 spiro atoms. The lowest BCUT2D eigenvalue weighted by Crippen LogP contribution is -2.58. The van der Waals surface area contributed by atoms with E-state index in [1.807, 2.05) is 32.1 Å². The van der Waals surface area contributed by atoms with Crippen molar-refractivity contribution in [2.75, 3.05) is 6.54 Å². The molecule has 3 fully saturated rings. The fraction of sp³-hybridized carbons (Fsp3) is 0.514. The molecule has 53 heavy (non-hydrogen) atoms. The van der Waals surface area contributed by atoms with Crippen molar-refractivity contribution in [3.05, 3.63) is 63.7 Å². The molecule has 7 rings (SSSR count). The van der Waals surface area contributed by atoms with Crippen LogP contribution in [0.4, 0.5) is 4.39 Å². The van der Waals surface area contributed by atoms with Crippen LogP contribution in [0.1, 0.15) is 85.0 Å². The van der Waals surface area contributed by atoms with Gasteiger partial charge in [0.1, 0.15) is 34.9 Å². The number of halogens is 1. The normalized spacial score (nSPS) is 26.5. The molecule has 16 heteroatoms. The van der Waals surface area contributed by atoms with E-state index in [1.54, 1.807) is 18.2 Å². The van der Waals surface area contributed by atoms with Gasteiger partial charge in [-0.15, -0.1) is 11.3 Å². The van der Waals surface area contributed by atoms with Crippen LogP contribution in [-0.2, 0) is 30.8 Å². The van der Waals surface area contributed by atoms with Crippen LogP contribution in [0.2, 0.25) is 0 Å². The lowest BCUT2D eigenvalue weighted by molar-refractivity contribution is -0.141. The molecule has 13 nitrogen and oxygen atoms in total. The number of carbonyl (C=O) groups excluding carboxylic acids is 4. The van der Waals surface area contributed by atoms with Crippen LogP contribution < -0.4 is 20.1 Å². The summed E-state index contributed by atoms with van der Waals surface area (Å²) in [6.45, 7) is 3.67. The summed E-state index contributed by atoms with van der Waals surface area (Å²) in [7, 11) is -3.90. The smallest absolute Gasteiger partial charge is 0.262 e. The maximum Gasteiger partial charge on any atom is 0.262 e. The van der Waals surface area contributed by atoms with Gasteiger partial charge in [-0.05, 0) is 76.1 Å². The molecule has 2 aliphatic carbocycles. The predicted molar refractivity (Wildman–Crippen MR) is 195 cm³/mol. The van der Waals surface area contributed by atoms with Crippen molar-refractivity contribution >= 4 is 56.0 Å². The molecule has 4 aliphatic rings. The van der Waals surface area contributed by atoms with Gasteiger partial charge in [-0.25, -0.2) is 22.8 Å². The Balaban J connectivity index is 1.21. The summed E-state index contributed by atoms with van der Waals surface area (Å²) in [6, 6.07) is 5.89. The lowest BCUT2D eigenvalue weighted by atomic mass is 10.0. The monoisotopic (exact) mass is 766 g/mol. The van der Waals surface area contributed by atoms with Gasteiger partial charge in [-0.1, -0.05) is 38.0 Å². The minimum atomic E-state index is -3.90. The largest absolute Gasteiger partial charge is 0.471 e. The highest BCUT2D eigenvalue weighted by Crippen LogP contribution is 2.46. The molecular formula is C37H43FN6O7S2. The SMILES string of the molecule is CCc1nc2cccc(F)c2nc1O[C@@H]1C[C@H]2C(=O)N[C@]3(C(=O)NS(=O)(=O)C4CC4)C[C@H]3C=CCCCCC[C@H](NC(=O)c3ccc(C)s3)C(=O)N2C1. The molecule has 2 aliphatic heterocycles. The highest BCUT2D eigenvalue weighted by molar-refractivity contribution is 7.91. The number of carbonyl (C=O) groups is 4. The summed E-state index contributed by atoms with van der Waals surface area (Å²) in [4.78, 5) is 67.7.